The first-order chi connectivity index (χ1) is 12.0. The summed E-state index contributed by atoms with van der Waals surface area (Å²) in [5.41, 5.74) is 0.527. The molecule has 1 aromatic rings. The van der Waals surface area contributed by atoms with Crippen LogP contribution in [0, 0.1) is 0 Å². The van der Waals surface area contributed by atoms with Crippen LogP contribution in [0.25, 0.3) is 0 Å². The van der Waals surface area contributed by atoms with Crippen LogP contribution >= 0.6 is 0 Å². The number of rotatable bonds is 5. The standard InChI is InChI=1S/C18H22N2O5/c1-12(18(23)19-13-6-2-3-7-13)25-17(22)10-20-14-8-4-5-9-15(14)24-11-16(20)21/h4-5,8-9,12-13H,2-3,6-7,10-11H2,1H3,(H,19,23). The van der Waals surface area contributed by atoms with Gasteiger partial charge in [-0.05, 0) is 31.9 Å². The number of esters is 1. The van der Waals surface area contributed by atoms with Gasteiger partial charge in [-0.25, -0.2) is 0 Å². The molecule has 1 heterocycles. The Bertz CT molecular complexity index is 669. The van der Waals surface area contributed by atoms with E-state index < -0.39 is 12.1 Å². The number of amides is 2. The zero-order valence-corrected chi connectivity index (χ0v) is 14.2. The third-order valence-corrected chi connectivity index (χ3v) is 4.47. The van der Waals surface area contributed by atoms with E-state index in [1.165, 1.54) is 11.8 Å². The summed E-state index contributed by atoms with van der Waals surface area (Å²) in [6.07, 6.45) is 3.26. The normalized spacial score (nSPS) is 18.3. The van der Waals surface area contributed by atoms with Gasteiger partial charge in [-0.3, -0.25) is 19.3 Å². The highest BCUT2D eigenvalue weighted by Gasteiger charge is 2.29. The second-order valence-corrected chi connectivity index (χ2v) is 6.36. The van der Waals surface area contributed by atoms with Crippen molar-refractivity contribution in [3.05, 3.63) is 24.3 Å². The summed E-state index contributed by atoms with van der Waals surface area (Å²) in [6, 6.07) is 7.16. The van der Waals surface area contributed by atoms with Crippen LogP contribution in [0.1, 0.15) is 32.6 Å². The van der Waals surface area contributed by atoms with Crippen molar-refractivity contribution < 1.29 is 23.9 Å². The lowest BCUT2D eigenvalue weighted by atomic mass is 10.2. The van der Waals surface area contributed by atoms with Crippen LogP contribution in [0.3, 0.4) is 0 Å². The van der Waals surface area contributed by atoms with Gasteiger partial charge in [0.05, 0.1) is 5.69 Å². The molecule has 1 aromatic carbocycles. The van der Waals surface area contributed by atoms with E-state index in [0.717, 1.165) is 25.7 Å². The summed E-state index contributed by atoms with van der Waals surface area (Å²) in [7, 11) is 0. The molecule has 1 aliphatic carbocycles. The Hall–Kier alpha value is -2.57. The van der Waals surface area contributed by atoms with Gasteiger partial charge in [0.2, 0.25) is 0 Å². The van der Waals surface area contributed by atoms with E-state index in [2.05, 4.69) is 5.32 Å². The molecule has 0 saturated heterocycles. The van der Waals surface area contributed by atoms with Gasteiger partial charge in [-0.2, -0.15) is 0 Å². The highest BCUT2D eigenvalue weighted by molar-refractivity contribution is 6.01. The summed E-state index contributed by atoms with van der Waals surface area (Å²) in [6.45, 7) is 1.17. The van der Waals surface area contributed by atoms with E-state index in [-0.39, 0.29) is 31.0 Å². The first kappa shape index (κ1) is 17.3. The smallest absolute Gasteiger partial charge is 0.326 e. The van der Waals surface area contributed by atoms with Gasteiger partial charge in [0.15, 0.2) is 12.7 Å². The quantitative estimate of drug-likeness (QED) is 0.815. The molecule has 0 bridgehead atoms. The van der Waals surface area contributed by atoms with Gasteiger partial charge < -0.3 is 14.8 Å². The van der Waals surface area contributed by atoms with Crippen molar-refractivity contribution in [2.45, 2.75) is 44.8 Å². The lowest BCUT2D eigenvalue weighted by molar-refractivity contribution is -0.154. The maximum atomic E-state index is 12.2. The Morgan fingerprint density at radius 3 is 2.80 bits per heavy atom. The topological polar surface area (TPSA) is 84.9 Å². The number of nitrogens with one attached hydrogen (secondary N) is 1. The fraction of sp³-hybridized carbons (Fsp3) is 0.500. The summed E-state index contributed by atoms with van der Waals surface area (Å²) < 4.78 is 10.5. The second kappa shape index (κ2) is 7.55. The zero-order chi connectivity index (χ0) is 17.8. The average Bonchev–Trinajstić information content (AvgIpc) is 3.10. The molecule has 134 valence electrons. The Labute approximate surface area is 146 Å². The fourth-order valence-corrected chi connectivity index (χ4v) is 3.13. The molecule has 7 heteroatoms. The van der Waals surface area contributed by atoms with Crippen molar-refractivity contribution in [2.75, 3.05) is 18.1 Å². The number of fused-ring (bicyclic) bond motifs is 1. The Kier molecular flexibility index (Phi) is 5.21. The molecule has 7 nitrogen and oxygen atoms in total. The van der Waals surface area contributed by atoms with Crippen molar-refractivity contribution in [3.8, 4) is 5.75 Å². The monoisotopic (exact) mass is 346 g/mol. The number of ether oxygens (including phenoxy) is 2. The van der Waals surface area contributed by atoms with Gasteiger partial charge in [0.25, 0.3) is 11.8 Å². The molecule has 1 aliphatic heterocycles. The highest BCUT2D eigenvalue weighted by Crippen LogP contribution is 2.31. The average molecular weight is 346 g/mol. The molecular formula is C18H22N2O5. The molecule has 25 heavy (non-hydrogen) atoms. The molecular weight excluding hydrogens is 324 g/mol. The van der Waals surface area contributed by atoms with Crippen LogP contribution in [0.2, 0.25) is 0 Å². The fourth-order valence-electron chi connectivity index (χ4n) is 3.13. The number of para-hydroxylation sites is 2. The number of hydrogen-bond acceptors (Lipinski definition) is 5. The van der Waals surface area contributed by atoms with Gasteiger partial charge in [0.1, 0.15) is 12.3 Å². The first-order valence-corrected chi connectivity index (χ1v) is 8.56. The van der Waals surface area contributed by atoms with E-state index >= 15 is 0 Å². The molecule has 0 spiro atoms. The lowest BCUT2D eigenvalue weighted by Gasteiger charge is -2.28. The summed E-state index contributed by atoms with van der Waals surface area (Å²) in [5, 5.41) is 2.90. The Morgan fingerprint density at radius 1 is 1.32 bits per heavy atom. The van der Waals surface area contributed by atoms with Crippen molar-refractivity contribution in [2.24, 2.45) is 0 Å². The molecule has 1 atom stereocenters. The molecule has 0 radical (unpaired) electrons. The molecule has 3 rings (SSSR count). The number of carbonyl (C=O) groups is 3. The predicted molar refractivity (Wildman–Crippen MR) is 90.2 cm³/mol. The van der Waals surface area contributed by atoms with Crippen LogP contribution in [0.5, 0.6) is 5.75 Å². The third-order valence-electron chi connectivity index (χ3n) is 4.47. The van der Waals surface area contributed by atoms with Crippen molar-refractivity contribution in [3.63, 3.8) is 0 Å². The minimum Gasteiger partial charge on any atom is -0.482 e. The van der Waals surface area contributed by atoms with Crippen molar-refractivity contribution in [1.29, 1.82) is 0 Å². The summed E-state index contributed by atoms with van der Waals surface area (Å²) in [4.78, 5) is 37.7. The second-order valence-electron chi connectivity index (χ2n) is 6.36. The molecule has 2 amide bonds. The SMILES string of the molecule is CC(OC(=O)CN1C(=O)COc2ccccc21)C(=O)NC1CCCC1. The number of benzene rings is 1. The van der Waals surface area contributed by atoms with Gasteiger partial charge in [0, 0.05) is 6.04 Å². The van der Waals surface area contributed by atoms with Crippen LogP contribution in [-0.4, -0.2) is 43.1 Å². The maximum absolute atomic E-state index is 12.2. The van der Waals surface area contributed by atoms with E-state index in [1.54, 1.807) is 24.3 Å². The third kappa shape index (κ3) is 4.10. The molecule has 1 unspecified atom stereocenters. The largest absolute Gasteiger partial charge is 0.482 e. The van der Waals surface area contributed by atoms with Crippen molar-refractivity contribution >= 4 is 23.5 Å². The number of carbonyl (C=O) groups excluding carboxylic acids is 3. The minimum atomic E-state index is -0.889. The molecule has 1 fully saturated rings. The number of anilines is 1. The summed E-state index contributed by atoms with van der Waals surface area (Å²) in [5.74, 6) is -0.700. The number of nitrogens with zero attached hydrogens (tertiary/aromatic N) is 1. The van der Waals surface area contributed by atoms with E-state index in [9.17, 15) is 14.4 Å². The van der Waals surface area contributed by atoms with Crippen molar-refractivity contribution in [1.82, 2.24) is 5.32 Å². The van der Waals surface area contributed by atoms with Crippen LogP contribution in [0.4, 0.5) is 5.69 Å². The predicted octanol–water partition coefficient (Wildman–Crippen LogP) is 1.40. The van der Waals surface area contributed by atoms with Gasteiger partial charge in [-0.15, -0.1) is 0 Å². The highest BCUT2D eigenvalue weighted by atomic mass is 16.5. The number of hydrogen-bond donors (Lipinski definition) is 1. The molecule has 1 saturated carbocycles. The Morgan fingerprint density at radius 2 is 2.04 bits per heavy atom. The first-order valence-electron chi connectivity index (χ1n) is 8.56. The molecule has 2 aliphatic rings. The van der Waals surface area contributed by atoms with Crippen LogP contribution in [0.15, 0.2) is 24.3 Å². The lowest BCUT2D eigenvalue weighted by Crippen LogP contribution is -2.45. The van der Waals surface area contributed by atoms with Crippen LogP contribution < -0.4 is 15.0 Å². The zero-order valence-electron chi connectivity index (χ0n) is 14.2. The van der Waals surface area contributed by atoms with Gasteiger partial charge >= 0.3 is 5.97 Å². The molecule has 0 aromatic heterocycles. The maximum Gasteiger partial charge on any atom is 0.326 e. The summed E-state index contributed by atoms with van der Waals surface area (Å²) >= 11 is 0. The minimum absolute atomic E-state index is 0.123. The Balaban J connectivity index is 1.56. The van der Waals surface area contributed by atoms with E-state index in [4.69, 9.17) is 9.47 Å². The molecule has 1 N–H and O–H groups in total. The van der Waals surface area contributed by atoms with Gasteiger partial charge in [-0.1, -0.05) is 25.0 Å². The van der Waals surface area contributed by atoms with E-state index in [1.807, 2.05) is 0 Å². The van der Waals surface area contributed by atoms with Crippen LogP contribution in [-0.2, 0) is 19.1 Å². The van der Waals surface area contributed by atoms with E-state index in [0.29, 0.717) is 11.4 Å².